The maximum absolute atomic E-state index is 12.5. The standard InChI is InChI=1S/C51H85O8P/c1-3-5-7-9-11-13-15-17-19-21-23-24-25-26-28-30-32-34-36-38-40-42-44-46-51(53)59-49(48-58-60(54,55)56)47-57-50(52)45-43-41-39-37-35-33-31-29-27-22-20-18-16-14-12-10-8-6-4-2/h5-8,11-14,17-20,23-24,27,29,49H,3-4,9-10,15-16,21-22,25-26,28,30-48H2,1-2H3,(H2,54,55,56)/b7-5-,8-6-,13-11-,14-12-,19-17-,20-18-,24-23-,29-27-. The summed E-state index contributed by atoms with van der Waals surface area (Å²) in [6.45, 7) is 3.45. The highest BCUT2D eigenvalue weighted by Gasteiger charge is 2.22. The van der Waals surface area contributed by atoms with Gasteiger partial charge in [0, 0.05) is 12.8 Å². The van der Waals surface area contributed by atoms with Gasteiger partial charge in [0.05, 0.1) is 6.61 Å². The molecule has 0 spiro atoms. The number of carbonyl (C=O) groups excluding carboxylic acids is 2. The van der Waals surface area contributed by atoms with Crippen LogP contribution in [-0.4, -0.2) is 41.0 Å². The molecule has 0 radical (unpaired) electrons. The van der Waals surface area contributed by atoms with Crippen LogP contribution >= 0.6 is 7.82 Å². The molecule has 0 saturated heterocycles. The quantitative estimate of drug-likeness (QED) is 0.0270. The zero-order chi connectivity index (χ0) is 43.9. The minimum absolute atomic E-state index is 0.197. The highest BCUT2D eigenvalue weighted by molar-refractivity contribution is 7.46. The minimum Gasteiger partial charge on any atom is -0.462 e. The van der Waals surface area contributed by atoms with E-state index in [-0.39, 0.29) is 19.4 Å². The predicted molar refractivity (Wildman–Crippen MR) is 253 cm³/mol. The zero-order valence-electron chi connectivity index (χ0n) is 37.8. The van der Waals surface area contributed by atoms with Gasteiger partial charge in [-0.15, -0.1) is 0 Å². The molecule has 1 atom stereocenters. The Hall–Kier alpha value is -3.03. The van der Waals surface area contributed by atoms with Gasteiger partial charge in [0.2, 0.25) is 0 Å². The lowest BCUT2D eigenvalue weighted by Gasteiger charge is -2.18. The zero-order valence-corrected chi connectivity index (χ0v) is 38.7. The SMILES string of the molecule is CC/C=C\C/C=C\C/C=C\C/C=C\CCCCCCCCCCCCC(=O)OC(COC(=O)CCCCCCCC/C=C\C/C=C\C/C=C\C/C=C\CC)COP(=O)(O)O. The van der Waals surface area contributed by atoms with Crippen LogP contribution in [0.1, 0.15) is 194 Å². The van der Waals surface area contributed by atoms with Crippen LogP contribution in [0.3, 0.4) is 0 Å². The van der Waals surface area contributed by atoms with E-state index in [1.165, 1.54) is 38.5 Å². The number of esters is 2. The van der Waals surface area contributed by atoms with Crippen molar-refractivity contribution in [3.05, 3.63) is 97.2 Å². The molecule has 0 aliphatic heterocycles. The largest absolute Gasteiger partial charge is 0.469 e. The second kappa shape index (κ2) is 45.5. The van der Waals surface area contributed by atoms with Crippen molar-refractivity contribution in [3.8, 4) is 0 Å². The van der Waals surface area contributed by atoms with Gasteiger partial charge in [-0.3, -0.25) is 14.1 Å². The van der Waals surface area contributed by atoms with Gasteiger partial charge in [-0.1, -0.05) is 188 Å². The number of ether oxygens (including phenoxy) is 2. The van der Waals surface area contributed by atoms with Gasteiger partial charge in [0.25, 0.3) is 0 Å². The summed E-state index contributed by atoms with van der Waals surface area (Å²) in [5.41, 5.74) is 0. The van der Waals surface area contributed by atoms with E-state index in [1.54, 1.807) is 0 Å². The summed E-state index contributed by atoms with van der Waals surface area (Å²) < 4.78 is 26.5. The maximum Gasteiger partial charge on any atom is 0.469 e. The molecule has 60 heavy (non-hydrogen) atoms. The van der Waals surface area contributed by atoms with Crippen LogP contribution in [0.15, 0.2) is 97.2 Å². The van der Waals surface area contributed by atoms with Crippen molar-refractivity contribution in [2.75, 3.05) is 13.2 Å². The summed E-state index contributed by atoms with van der Waals surface area (Å²) in [6.07, 6.45) is 62.7. The summed E-state index contributed by atoms with van der Waals surface area (Å²) in [6, 6.07) is 0. The van der Waals surface area contributed by atoms with Gasteiger partial charge in [0.15, 0.2) is 6.10 Å². The number of rotatable bonds is 42. The van der Waals surface area contributed by atoms with Crippen molar-refractivity contribution < 1.29 is 37.9 Å². The van der Waals surface area contributed by atoms with E-state index in [2.05, 4.69) is 116 Å². The van der Waals surface area contributed by atoms with Gasteiger partial charge < -0.3 is 19.3 Å². The topological polar surface area (TPSA) is 119 Å². The first-order valence-corrected chi connectivity index (χ1v) is 25.1. The molecule has 0 saturated carbocycles. The van der Waals surface area contributed by atoms with Crippen molar-refractivity contribution >= 4 is 19.8 Å². The molecule has 0 aliphatic carbocycles. The van der Waals surface area contributed by atoms with E-state index in [0.717, 1.165) is 116 Å². The van der Waals surface area contributed by atoms with Crippen molar-refractivity contribution in [2.45, 2.75) is 200 Å². The van der Waals surface area contributed by atoms with Crippen molar-refractivity contribution in [3.63, 3.8) is 0 Å². The number of carbonyl (C=O) groups is 2. The van der Waals surface area contributed by atoms with E-state index >= 15 is 0 Å². The fourth-order valence-corrected chi connectivity index (χ4v) is 6.54. The van der Waals surface area contributed by atoms with Crippen LogP contribution in [0.2, 0.25) is 0 Å². The second-order valence-corrected chi connectivity index (χ2v) is 16.6. The third kappa shape index (κ3) is 47.6. The number of phosphoric ester groups is 1. The van der Waals surface area contributed by atoms with Crippen LogP contribution in [0.4, 0.5) is 0 Å². The highest BCUT2D eigenvalue weighted by atomic mass is 31.2. The molecular weight excluding hydrogens is 772 g/mol. The van der Waals surface area contributed by atoms with Crippen LogP contribution in [-0.2, 0) is 28.2 Å². The van der Waals surface area contributed by atoms with Crippen LogP contribution < -0.4 is 0 Å². The Bertz CT molecular complexity index is 1290. The van der Waals surface area contributed by atoms with E-state index in [4.69, 9.17) is 19.3 Å². The molecule has 0 rings (SSSR count). The fourth-order valence-electron chi connectivity index (χ4n) is 6.18. The Balaban J connectivity index is 3.91. The summed E-state index contributed by atoms with van der Waals surface area (Å²) in [5, 5.41) is 0. The molecule has 342 valence electrons. The average molecular weight is 857 g/mol. The molecule has 0 fully saturated rings. The van der Waals surface area contributed by atoms with Crippen LogP contribution in [0.25, 0.3) is 0 Å². The molecule has 9 heteroatoms. The number of allylic oxidation sites excluding steroid dienone is 16. The smallest absolute Gasteiger partial charge is 0.462 e. The molecule has 0 amide bonds. The molecule has 2 N–H and O–H groups in total. The first-order valence-electron chi connectivity index (χ1n) is 23.5. The maximum atomic E-state index is 12.5. The summed E-state index contributed by atoms with van der Waals surface area (Å²) in [7, 11) is -4.77. The minimum atomic E-state index is -4.77. The number of phosphoric acid groups is 1. The van der Waals surface area contributed by atoms with Gasteiger partial charge in [-0.25, -0.2) is 4.57 Å². The number of hydrogen-bond acceptors (Lipinski definition) is 6. The Morgan fingerprint density at radius 2 is 0.750 bits per heavy atom. The molecule has 0 aliphatic rings. The average Bonchev–Trinajstić information content (AvgIpc) is 3.22. The van der Waals surface area contributed by atoms with Crippen molar-refractivity contribution in [2.24, 2.45) is 0 Å². The Morgan fingerprint density at radius 1 is 0.433 bits per heavy atom. The highest BCUT2D eigenvalue weighted by Crippen LogP contribution is 2.36. The Morgan fingerprint density at radius 3 is 1.12 bits per heavy atom. The van der Waals surface area contributed by atoms with E-state index < -0.39 is 32.5 Å². The van der Waals surface area contributed by atoms with Crippen molar-refractivity contribution in [1.29, 1.82) is 0 Å². The Kier molecular flexibility index (Phi) is 43.2. The van der Waals surface area contributed by atoms with Gasteiger partial charge in [-0.2, -0.15) is 0 Å². The fraction of sp³-hybridized carbons (Fsp3) is 0.647. The summed E-state index contributed by atoms with van der Waals surface area (Å²) in [5.74, 6) is -0.911. The lowest BCUT2D eigenvalue weighted by molar-refractivity contribution is -0.161. The molecule has 0 aromatic rings. The molecule has 0 heterocycles. The lowest BCUT2D eigenvalue weighted by Crippen LogP contribution is -2.29. The molecule has 8 nitrogen and oxygen atoms in total. The van der Waals surface area contributed by atoms with Gasteiger partial charge in [-0.05, 0) is 89.9 Å². The number of unbranched alkanes of at least 4 members (excludes halogenated alkanes) is 16. The molecule has 0 aromatic carbocycles. The van der Waals surface area contributed by atoms with E-state index in [0.29, 0.717) is 12.8 Å². The molecule has 1 unspecified atom stereocenters. The van der Waals surface area contributed by atoms with Crippen LogP contribution in [0.5, 0.6) is 0 Å². The molecule has 0 bridgehead atoms. The first-order chi connectivity index (χ1) is 29.3. The second-order valence-electron chi connectivity index (χ2n) is 15.3. The number of hydrogen-bond donors (Lipinski definition) is 2. The van der Waals surface area contributed by atoms with Crippen molar-refractivity contribution in [1.82, 2.24) is 0 Å². The Labute approximate surface area is 366 Å². The molecule has 0 aromatic heterocycles. The third-order valence-electron chi connectivity index (χ3n) is 9.60. The van der Waals surface area contributed by atoms with E-state index in [9.17, 15) is 14.2 Å². The first kappa shape index (κ1) is 57.0. The third-order valence-corrected chi connectivity index (χ3v) is 10.1. The summed E-state index contributed by atoms with van der Waals surface area (Å²) >= 11 is 0. The molecular formula is C51H85O8P. The predicted octanol–water partition coefficient (Wildman–Crippen LogP) is 15.0. The van der Waals surface area contributed by atoms with E-state index in [1.807, 2.05) is 0 Å². The van der Waals surface area contributed by atoms with Crippen LogP contribution in [0, 0.1) is 0 Å². The van der Waals surface area contributed by atoms with Gasteiger partial charge in [0.1, 0.15) is 6.61 Å². The lowest BCUT2D eigenvalue weighted by atomic mass is 10.0. The van der Waals surface area contributed by atoms with Gasteiger partial charge >= 0.3 is 19.8 Å². The monoisotopic (exact) mass is 857 g/mol. The normalized spacial score (nSPS) is 13.3. The summed E-state index contributed by atoms with van der Waals surface area (Å²) in [4.78, 5) is 43.0.